The molecule has 1 aliphatic rings. The van der Waals surface area contributed by atoms with Gasteiger partial charge in [0.15, 0.2) is 5.82 Å². The Hall–Kier alpha value is -4.25. The fraction of sp³-hybridized carbons (Fsp3) is 0.276. The Labute approximate surface area is 241 Å². The van der Waals surface area contributed by atoms with E-state index in [0.29, 0.717) is 27.6 Å². The predicted molar refractivity (Wildman–Crippen MR) is 149 cm³/mol. The van der Waals surface area contributed by atoms with Gasteiger partial charge in [-0.1, -0.05) is 6.07 Å². The number of nitriles is 1. The molecule has 9 nitrogen and oxygen atoms in total. The van der Waals surface area contributed by atoms with Crippen LogP contribution in [0.3, 0.4) is 0 Å². The number of piperidine rings is 1. The molecule has 0 atom stereocenters. The number of benzene rings is 2. The van der Waals surface area contributed by atoms with Gasteiger partial charge in [0, 0.05) is 30.6 Å². The van der Waals surface area contributed by atoms with E-state index in [1.165, 1.54) is 31.5 Å². The van der Waals surface area contributed by atoms with Crippen LogP contribution >= 0.6 is 0 Å². The molecule has 0 spiro atoms. The Bertz CT molecular complexity index is 1760. The molecule has 3 heterocycles. The number of sulfonamides is 1. The molecule has 0 radical (unpaired) electrons. The summed E-state index contributed by atoms with van der Waals surface area (Å²) in [6.07, 6.45) is 4.90. The number of hydrogen-bond acceptors (Lipinski definition) is 7. The van der Waals surface area contributed by atoms with Crippen LogP contribution in [0.2, 0.25) is 0 Å². The molecule has 2 aromatic heterocycles. The van der Waals surface area contributed by atoms with Crippen molar-refractivity contribution < 1.29 is 26.3 Å². The van der Waals surface area contributed by atoms with Gasteiger partial charge in [-0.2, -0.15) is 10.4 Å². The standard InChI is InChI=1S/C29H27F3N6O3S/c1-36-12-9-22(10-13-36)37-17-24(19-8-11-34-21(14-19)16-33)29(35-37)23-4-3-5-26(28(23)32)38(18-41-2)42(39,40)27-15-20(30)6-7-25(27)31/h3-8,11,14-15,17,22H,9-10,12-13,18H2,1-2H3. The SMILES string of the molecule is COCN(c1cccc(-c2nn(C3CCN(C)CC3)cc2-c2ccnc(C#N)c2)c1F)S(=O)(=O)c1cc(F)ccc1F. The Morgan fingerprint density at radius 3 is 2.57 bits per heavy atom. The van der Waals surface area contributed by atoms with Crippen molar-refractivity contribution in [1.82, 2.24) is 19.7 Å². The first-order valence-electron chi connectivity index (χ1n) is 13.0. The van der Waals surface area contributed by atoms with E-state index >= 15 is 4.39 Å². The summed E-state index contributed by atoms with van der Waals surface area (Å²) < 4.78 is 79.3. The van der Waals surface area contributed by atoms with Gasteiger partial charge in [0.2, 0.25) is 0 Å². The molecule has 2 aromatic carbocycles. The van der Waals surface area contributed by atoms with E-state index in [0.717, 1.165) is 32.0 Å². The smallest absolute Gasteiger partial charge is 0.269 e. The summed E-state index contributed by atoms with van der Waals surface area (Å²) in [7, 11) is -1.57. The average molecular weight is 597 g/mol. The largest absolute Gasteiger partial charge is 0.363 e. The Morgan fingerprint density at radius 2 is 1.86 bits per heavy atom. The van der Waals surface area contributed by atoms with Gasteiger partial charge in [0.25, 0.3) is 10.0 Å². The molecule has 1 aliphatic heterocycles. The second-order valence-corrected chi connectivity index (χ2v) is 11.8. The molecule has 4 aromatic rings. The van der Waals surface area contributed by atoms with Crippen LogP contribution in [0.4, 0.5) is 18.9 Å². The van der Waals surface area contributed by atoms with E-state index in [1.54, 1.807) is 23.0 Å². The first-order valence-corrected chi connectivity index (χ1v) is 14.5. The van der Waals surface area contributed by atoms with Crippen molar-refractivity contribution in [1.29, 1.82) is 5.26 Å². The van der Waals surface area contributed by atoms with Gasteiger partial charge in [-0.15, -0.1) is 0 Å². The van der Waals surface area contributed by atoms with Gasteiger partial charge in [0.05, 0.1) is 11.7 Å². The topological polar surface area (TPSA) is 104 Å². The molecule has 218 valence electrons. The van der Waals surface area contributed by atoms with Crippen LogP contribution in [0.25, 0.3) is 22.4 Å². The molecule has 0 aliphatic carbocycles. The monoisotopic (exact) mass is 596 g/mol. The lowest BCUT2D eigenvalue weighted by atomic mass is 10.0. The van der Waals surface area contributed by atoms with Crippen molar-refractivity contribution in [2.75, 3.05) is 38.3 Å². The number of ether oxygens (including phenoxy) is 1. The number of likely N-dealkylation sites (tertiary alicyclic amines) is 1. The van der Waals surface area contributed by atoms with Gasteiger partial charge in [-0.05, 0) is 81.0 Å². The molecule has 0 amide bonds. The number of methoxy groups -OCH3 is 1. The minimum atomic E-state index is -4.80. The summed E-state index contributed by atoms with van der Waals surface area (Å²) in [5.74, 6) is -3.13. The lowest BCUT2D eigenvalue weighted by Crippen LogP contribution is -2.34. The minimum Gasteiger partial charge on any atom is -0.363 e. The summed E-state index contributed by atoms with van der Waals surface area (Å²) in [4.78, 5) is 5.27. The fourth-order valence-corrected chi connectivity index (χ4v) is 6.44. The molecular weight excluding hydrogens is 569 g/mol. The van der Waals surface area contributed by atoms with Crippen molar-refractivity contribution >= 4 is 15.7 Å². The minimum absolute atomic E-state index is 0.0273. The highest BCUT2D eigenvalue weighted by molar-refractivity contribution is 7.92. The van der Waals surface area contributed by atoms with E-state index in [4.69, 9.17) is 9.84 Å². The normalized spacial score (nSPS) is 14.6. The van der Waals surface area contributed by atoms with E-state index in [-0.39, 0.29) is 23.0 Å². The van der Waals surface area contributed by atoms with Crippen LogP contribution in [0, 0.1) is 28.8 Å². The number of aromatic nitrogens is 3. The Kier molecular flexibility index (Phi) is 8.31. The zero-order valence-electron chi connectivity index (χ0n) is 22.8. The number of pyridine rings is 1. The van der Waals surface area contributed by atoms with Crippen LogP contribution in [-0.2, 0) is 14.8 Å². The fourth-order valence-electron chi connectivity index (χ4n) is 4.98. The summed E-state index contributed by atoms with van der Waals surface area (Å²) >= 11 is 0. The van der Waals surface area contributed by atoms with E-state index in [9.17, 15) is 22.5 Å². The molecule has 1 fully saturated rings. The van der Waals surface area contributed by atoms with Crippen LogP contribution in [0.1, 0.15) is 24.6 Å². The van der Waals surface area contributed by atoms with E-state index in [2.05, 4.69) is 9.88 Å². The van der Waals surface area contributed by atoms with Gasteiger partial charge in [0.1, 0.15) is 40.7 Å². The molecular formula is C29H27F3N6O3S. The predicted octanol–water partition coefficient (Wildman–Crippen LogP) is 4.97. The zero-order valence-corrected chi connectivity index (χ0v) is 23.7. The Morgan fingerprint density at radius 1 is 1.10 bits per heavy atom. The number of nitrogens with zero attached hydrogens (tertiary/aromatic N) is 6. The quantitative estimate of drug-likeness (QED) is 0.265. The first kappa shape index (κ1) is 29.2. The van der Waals surface area contributed by atoms with Crippen LogP contribution < -0.4 is 4.31 Å². The Balaban J connectivity index is 1.66. The van der Waals surface area contributed by atoms with Crippen molar-refractivity contribution in [2.24, 2.45) is 0 Å². The second-order valence-electron chi connectivity index (χ2n) is 9.93. The number of rotatable bonds is 8. The van der Waals surface area contributed by atoms with Crippen LogP contribution in [0.15, 0.2) is 65.8 Å². The van der Waals surface area contributed by atoms with Crippen LogP contribution in [-0.4, -0.2) is 62.1 Å². The molecule has 0 N–H and O–H groups in total. The number of anilines is 1. The molecule has 5 rings (SSSR count). The average Bonchev–Trinajstić information content (AvgIpc) is 3.43. The van der Waals surface area contributed by atoms with Gasteiger partial charge >= 0.3 is 0 Å². The first-order chi connectivity index (χ1) is 20.1. The van der Waals surface area contributed by atoms with Crippen molar-refractivity contribution in [3.05, 3.63) is 84.1 Å². The molecule has 13 heteroatoms. The highest BCUT2D eigenvalue weighted by Crippen LogP contribution is 2.38. The highest BCUT2D eigenvalue weighted by Gasteiger charge is 2.32. The lowest BCUT2D eigenvalue weighted by Gasteiger charge is -2.29. The van der Waals surface area contributed by atoms with Gasteiger partial charge in [-0.25, -0.2) is 30.9 Å². The van der Waals surface area contributed by atoms with E-state index in [1.807, 2.05) is 13.1 Å². The van der Waals surface area contributed by atoms with Crippen molar-refractivity contribution in [3.8, 4) is 28.5 Å². The zero-order chi connectivity index (χ0) is 30.0. The summed E-state index contributed by atoms with van der Waals surface area (Å²) in [5.41, 5.74) is 1.000. The maximum Gasteiger partial charge on any atom is 0.269 e. The summed E-state index contributed by atoms with van der Waals surface area (Å²) in [6, 6.07) is 11.4. The third kappa shape index (κ3) is 5.61. The van der Waals surface area contributed by atoms with Gasteiger partial charge in [-0.3, -0.25) is 4.68 Å². The maximum atomic E-state index is 16.5. The summed E-state index contributed by atoms with van der Waals surface area (Å²) in [5, 5.41) is 14.2. The van der Waals surface area contributed by atoms with Crippen LogP contribution in [0.5, 0.6) is 0 Å². The second kappa shape index (κ2) is 11.9. The van der Waals surface area contributed by atoms with Crippen molar-refractivity contribution in [2.45, 2.75) is 23.8 Å². The van der Waals surface area contributed by atoms with Gasteiger partial charge < -0.3 is 9.64 Å². The van der Waals surface area contributed by atoms with E-state index < -0.39 is 44.8 Å². The number of hydrogen-bond donors (Lipinski definition) is 0. The van der Waals surface area contributed by atoms with Crippen molar-refractivity contribution in [3.63, 3.8) is 0 Å². The molecule has 0 unspecified atom stereocenters. The highest BCUT2D eigenvalue weighted by atomic mass is 32.2. The third-order valence-electron chi connectivity index (χ3n) is 7.19. The molecule has 42 heavy (non-hydrogen) atoms. The lowest BCUT2D eigenvalue weighted by molar-refractivity contribution is 0.209. The summed E-state index contributed by atoms with van der Waals surface area (Å²) in [6.45, 7) is 1.03. The third-order valence-corrected chi connectivity index (χ3v) is 8.94. The maximum absolute atomic E-state index is 16.5. The molecule has 0 bridgehead atoms. The molecule has 0 saturated carbocycles. The number of halogens is 3. The molecule has 1 saturated heterocycles.